The molecule has 142 valence electrons. The predicted octanol–water partition coefficient (Wildman–Crippen LogP) is 6.47. The van der Waals surface area contributed by atoms with Crippen LogP contribution in [0.2, 0.25) is 0 Å². The van der Waals surface area contributed by atoms with Crippen molar-refractivity contribution in [3.8, 4) is 5.75 Å². The van der Waals surface area contributed by atoms with Crippen molar-refractivity contribution < 1.29 is 14.6 Å². The maximum Gasteiger partial charge on any atom is 0.303 e. The van der Waals surface area contributed by atoms with E-state index in [-0.39, 0.29) is 6.42 Å². The topological polar surface area (TPSA) is 46.5 Å². The summed E-state index contributed by atoms with van der Waals surface area (Å²) in [5.74, 6) is 1.15. The largest absolute Gasteiger partial charge is 0.497 e. The first-order valence-corrected chi connectivity index (χ1v) is 9.46. The normalized spacial score (nSPS) is 13.6. The first kappa shape index (κ1) is 21.8. The van der Waals surface area contributed by atoms with Crippen LogP contribution in [0.15, 0.2) is 55.1 Å². The van der Waals surface area contributed by atoms with Crippen molar-refractivity contribution >= 4 is 16.7 Å². The molecule has 26 heavy (non-hydrogen) atoms. The molecule has 1 N–H and O–H groups in total. The molecule has 0 spiro atoms. The summed E-state index contributed by atoms with van der Waals surface area (Å²) in [7, 11) is 1.68. The molecule has 1 saturated carbocycles. The molecule has 0 atom stereocenters. The SMILES string of the molecule is C=CCC1CCCCC1.CCC(=O)O.COc1ccc2ccccc2c1. The molecule has 2 aromatic rings. The summed E-state index contributed by atoms with van der Waals surface area (Å²) in [6, 6.07) is 14.3. The maximum absolute atomic E-state index is 9.37. The first-order valence-electron chi connectivity index (χ1n) is 9.46. The van der Waals surface area contributed by atoms with E-state index in [1.54, 1.807) is 14.0 Å². The number of carbonyl (C=O) groups is 1. The molecule has 0 amide bonds. The number of allylic oxidation sites excluding steroid dienone is 1. The van der Waals surface area contributed by atoms with E-state index in [9.17, 15) is 4.79 Å². The van der Waals surface area contributed by atoms with E-state index >= 15 is 0 Å². The van der Waals surface area contributed by atoms with Crippen molar-refractivity contribution in [2.75, 3.05) is 7.11 Å². The van der Waals surface area contributed by atoms with Crippen molar-refractivity contribution in [2.24, 2.45) is 5.92 Å². The highest BCUT2D eigenvalue weighted by Crippen LogP contribution is 2.26. The summed E-state index contributed by atoms with van der Waals surface area (Å²) in [4.78, 5) is 9.37. The zero-order valence-corrected chi connectivity index (χ0v) is 16.1. The van der Waals surface area contributed by atoms with E-state index < -0.39 is 5.97 Å². The Morgan fingerprint density at radius 2 is 1.77 bits per heavy atom. The molecular weight excluding hydrogens is 324 g/mol. The van der Waals surface area contributed by atoms with Gasteiger partial charge in [0, 0.05) is 6.42 Å². The van der Waals surface area contributed by atoms with Crippen molar-refractivity contribution in [3.05, 3.63) is 55.1 Å². The van der Waals surface area contributed by atoms with Crippen LogP contribution in [0.1, 0.15) is 51.9 Å². The van der Waals surface area contributed by atoms with Crippen LogP contribution in [-0.2, 0) is 4.79 Å². The van der Waals surface area contributed by atoms with Gasteiger partial charge in [-0.25, -0.2) is 0 Å². The molecule has 0 aliphatic heterocycles. The third-order valence-corrected chi connectivity index (χ3v) is 4.48. The number of hydrogen-bond acceptors (Lipinski definition) is 2. The Morgan fingerprint density at radius 3 is 2.31 bits per heavy atom. The summed E-state index contributed by atoms with van der Waals surface area (Å²) >= 11 is 0. The third kappa shape index (κ3) is 8.70. The summed E-state index contributed by atoms with van der Waals surface area (Å²) < 4.78 is 5.12. The highest BCUT2D eigenvalue weighted by molar-refractivity contribution is 5.83. The Kier molecular flexibility index (Phi) is 10.9. The van der Waals surface area contributed by atoms with Crippen molar-refractivity contribution in [2.45, 2.75) is 51.9 Å². The second kappa shape index (κ2) is 13.0. The number of rotatable bonds is 4. The van der Waals surface area contributed by atoms with Gasteiger partial charge in [0.2, 0.25) is 0 Å². The van der Waals surface area contributed by atoms with Crippen LogP contribution in [0.3, 0.4) is 0 Å². The molecule has 0 unspecified atom stereocenters. The number of carboxylic acid groups (broad SMARTS) is 1. The fourth-order valence-electron chi connectivity index (χ4n) is 2.95. The van der Waals surface area contributed by atoms with Crippen molar-refractivity contribution in [1.29, 1.82) is 0 Å². The fraction of sp³-hybridized carbons (Fsp3) is 0.435. The first-order chi connectivity index (χ1) is 12.6. The Labute approximate surface area is 157 Å². The summed E-state index contributed by atoms with van der Waals surface area (Å²) in [5, 5.41) is 10.2. The Morgan fingerprint density at radius 1 is 1.15 bits per heavy atom. The Hall–Kier alpha value is -2.29. The smallest absolute Gasteiger partial charge is 0.303 e. The van der Waals surface area contributed by atoms with Crippen LogP contribution < -0.4 is 4.74 Å². The van der Waals surface area contributed by atoms with Gasteiger partial charge in [-0.05, 0) is 35.2 Å². The number of hydrogen-bond donors (Lipinski definition) is 1. The average molecular weight is 357 g/mol. The molecule has 1 fully saturated rings. The minimum absolute atomic E-state index is 0.222. The van der Waals surface area contributed by atoms with Crippen molar-refractivity contribution in [3.63, 3.8) is 0 Å². The van der Waals surface area contributed by atoms with E-state index in [1.807, 2.05) is 24.3 Å². The summed E-state index contributed by atoms with van der Waals surface area (Å²) in [5.41, 5.74) is 0. The van der Waals surface area contributed by atoms with Crippen LogP contribution in [0, 0.1) is 5.92 Å². The molecule has 0 saturated heterocycles. The van der Waals surface area contributed by atoms with Gasteiger partial charge in [0.1, 0.15) is 5.75 Å². The van der Waals surface area contributed by atoms with Crippen LogP contribution in [-0.4, -0.2) is 18.2 Å². The van der Waals surface area contributed by atoms with E-state index in [0.29, 0.717) is 0 Å². The van der Waals surface area contributed by atoms with E-state index in [4.69, 9.17) is 9.84 Å². The van der Waals surface area contributed by atoms with Gasteiger partial charge >= 0.3 is 5.97 Å². The van der Waals surface area contributed by atoms with Crippen LogP contribution in [0.5, 0.6) is 5.75 Å². The lowest BCUT2D eigenvalue weighted by Gasteiger charge is -2.19. The average Bonchev–Trinajstić information content (AvgIpc) is 2.69. The summed E-state index contributed by atoms with van der Waals surface area (Å²) in [6.07, 6.45) is 10.8. The van der Waals surface area contributed by atoms with Crippen molar-refractivity contribution in [1.82, 2.24) is 0 Å². The zero-order valence-electron chi connectivity index (χ0n) is 16.1. The Balaban J connectivity index is 0.000000214. The third-order valence-electron chi connectivity index (χ3n) is 4.48. The molecule has 2 aromatic carbocycles. The van der Waals surface area contributed by atoms with Gasteiger partial charge in [0.25, 0.3) is 0 Å². The van der Waals surface area contributed by atoms with Gasteiger partial charge in [-0.1, -0.05) is 75.4 Å². The molecule has 3 heteroatoms. The number of carboxylic acids is 1. The highest BCUT2D eigenvalue weighted by Gasteiger charge is 2.10. The van der Waals surface area contributed by atoms with Gasteiger partial charge < -0.3 is 9.84 Å². The van der Waals surface area contributed by atoms with Crippen LogP contribution >= 0.6 is 0 Å². The summed E-state index contributed by atoms with van der Waals surface area (Å²) in [6.45, 7) is 5.35. The fourth-order valence-corrected chi connectivity index (χ4v) is 2.95. The molecule has 3 rings (SSSR count). The molecule has 0 bridgehead atoms. The van der Waals surface area contributed by atoms with Gasteiger partial charge in [0.15, 0.2) is 0 Å². The standard InChI is InChI=1S/C11H10O.C9H16.C3H6O2/c1-12-11-7-6-9-4-2-3-5-10(9)8-11;1-2-6-9-7-4-3-5-8-9;1-2-3(4)5/h2-8H,1H3;2,9H,1,3-8H2;2H2,1H3,(H,4,5). The minimum Gasteiger partial charge on any atom is -0.497 e. The van der Waals surface area contributed by atoms with Gasteiger partial charge in [-0.15, -0.1) is 6.58 Å². The number of ether oxygens (including phenoxy) is 1. The molecule has 1 aliphatic carbocycles. The quantitative estimate of drug-likeness (QED) is 0.638. The maximum atomic E-state index is 9.37. The minimum atomic E-state index is -0.745. The lowest BCUT2D eigenvalue weighted by Crippen LogP contribution is -2.04. The molecule has 0 aromatic heterocycles. The number of benzene rings is 2. The second-order valence-electron chi connectivity index (χ2n) is 6.49. The van der Waals surface area contributed by atoms with Gasteiger partial charge in [-0.3, -0.25) is 4.79 Å². The second-order valence-corrected chi connectivity index (χ2v) is 6.49. The molecule has 0 radical (unpaired) electrons. The Bertz CT molecular complexity index is 657. The van der Waals surface area contributed by atoms with Gasteiger partial charge in [0.05, 0.1) is 7.11 Å². The number of fused-ring (bicyclic) bond motifs is 1. The lowest BCUT2D eigenvalue weighted by atomic mass is 9.87. The molecule has 0 heterocycles. The molecular formula is C23H32O3. The van der Waals surface area contributed by atoms with Gasteiger partial charge in [-0.2, -0.15) is 0 Å². The van der Waals surface area contributed by atoms with Crippen LogP contribution in [0.25, 0.3) is 10.8 Å². The monoisotopic (exact) mass is 356 g/mol. The molecule has 1 aliphatic rings. The molecule has 3 nitrogen and oxygen atoms in total. The lowest BCUT2D eigenvalue weighted by molar-refractivity contribution is -0.136. The highest BCUT2D eigenvalue weighted by atomic mass is 16.5. The number of methoxy groups -OCH3 is 1. The zero-order chi connectivity index (χ0) is 19.2. The van der Waals surface area contributed by atoms with E-state index in [0.717, 1.165) is 11.7 Å². The predicted molar refractivity (Wildman–Crippen MR) is 110 cm³/mol. The van der Waals surface area contributed by atoms with E-state index in [2.05, 4.69) is 30.9 Å². The van der Waals surface area contributed by atoms with Crippen LogP contribution in [0.4, 0.5) is 0 Å². The van der Waals surface area contributed by atoms with E-state index in [1.165, 1.54) is 49.3 Å². The number of aliphatic carboxylic acids is 1.